The first-order valence-corrected chi connectivity index (χ1v) is 11.6. The Labute approximate surface area is 187 Å². The normalized spacial score (nSPS) is 11.0. The van der Waals surface area contributed by atoms with E-state index in [1.807, 2.05) is 17.7 Å². The average Bonchev–Trinajstić information content (AvgIpc) is 2.72. The van der Waals surface area contributed by atoms with E-state index in [1.54, 1.807) is 36.4 Å². The molecule has 0 aliphatic rings. The van der Waals surface area contributed by atoms with Gasteiger partial charge in [0.2, 0.25) is 5.91 Å². The van der Waals surface area contributed by atoms with E-state index >= 15 is 0 Å². The lowest BCUT2D eigenvalue weighted by Gasteiger charge is -2.08. The molecule has 0 bridgehead atoms. The molecule has 2 aromatic carbocycles. The minimum absolute atomic E-state index is 0.0358. The maximum atomic E-state index is 12.3. The van der Waals surface area contributed by atoms with Crippen LogP contribution in [0.3, 0.4) is 0 Å². The van der Waals surface area contributed by atoms with Crippen LogP contribution in [0, 0.1) is 18.3 Å². The first-order chi connectivity index (χ1) is 14.7. The van der Waals surface area contributed by atoms with Gasteiger partial charge >= 0.3 is 0 Å². The van der Waals surface area contributed by atoms with E-state index in [2.05, 4.69) is 9.97 Å². The SMILES string of the molecule is Cc1ccc(S(=O)(=O)NC(=O)CSc2nc(-c3ccc(Cl)cc3)c(C#N)c(=O)[nH]2)cc1. The Morgan fingerprint density at radius 3 is 2.45 bits per heavy atom. The molecule has 3 rings (SSSR count). The summed E-state index contributed by atoms with van der Waals surface area (Å²) in [5, 5.41) is 9.85. The molecule has 0 fully saturated rings. The summed E-state index contributed by atoms with van der Waals surface area (Å²) in [5.74, 6) is -1.11. The van der Waals surface area contributed by atoms with Crippen LogP contribution in [0.25, 0.3) is 11.3 Å². The van der Waals surface area contributed by atoms with Crippen molar-refractivity contribution in [3.8, 4) is 17.3 Å². The molecule has 158 valence electrons. The number of carbonyl (C=O) groups is 1. The molecule has 0 radical (unpaired) electrons. The quantitative estimate of drug-likeness (QED) is 0.414. The molecular formula is C20H15ClN4O4S2. The molecule has 8 nitrogen and oxygen atoms in total. The van der Waals surface area contributed by atoms with Gasteiger partial charge in [-0.2, -0.15) is 5.26 Å². The van der Waals surface area contributed by atoms with Crippen LogP contribution in [-0.2, 0) is 14.8 Å². The topological polar surface area (TPSA) is 133 Å². The predicted molar refractivity (Wildman–Crippen MR) is 117 cm³/mol. The number of H-pyrrole nitrogens is 1. The van der Waals surface area contributed by atoms with Crippen molar-refractivity contribution in [1.29, 1.82) is 5.26 Å². The van der Waals surface area contributed by atoms with Gasteiger partial charge in [-0.3, -0.25) is 9.59 Å². The van der Waals surface area contributed by atoms with Crippen LogP contribution in [0.2, 0.25) is 5.02 Å². The fourth-order valence-electron chi connectivity index (χ4n) is 2.53. The molecule has 0 aliphatic carbocycles. The van der Waals surface area contributed by atoms with Crippen LogP contribution in [0.1, 0.15) is 11.1 Å². The molecule has 11 heteroatoms. The van der Waals surface area contributed by atoms with E-state index in [1.165, 1.54) is 12.1 Å². The highest BCUT2D eigenvalue weighted by Crippen LogP contribution is 2.23. The van der Waals surface area contributed by atoms with Crippen LogP contribution >= 0.6 is 23.4 Å². The molecule has 0 aliphatic heterocycles. The second-order valence-corrected chi connectivity index (χ2v) is 9.43. The highest BCUT2D eigenvalue weighted by molar-refractivity contribution is 8.00. The number of nitrogens with zero attached hydrogens (tertiary/aromatic N) is 2. The van der Waals surface area contributed by atoms with Gasteiger partial charge in [0.15, 0.2) is 5.16 Å². The number of rotatable bonds is 6. The first kappa shape index (κ1) is 22.6. The monoisotopic (exact) mass is 474 g/mol. The van der Waals surface area contributed by atoms with Gasteiger partial charge < -0.3 is 4.98 Å². The van der Waals surface area contributed by atoms with Crippen molar-refractivity contribution in [2.24, 2.45) is 0 Å². The molecule has 0 saturated heterocycles. The van der Waals surface area contributed by atoms with E-state index in [4.69, 9.17) is 11.6 Å². The van der Waals surface area contributed by atoms with Gasteiger partial charge in [0.1, 0.15) is 11.6 Å². The number of carbonyl (C=O) groups excluding carboxylic acids is 1. The fourth-order valence-corrected chi connectivity index (χ4v) is 4.39. The van der Waals surface area contributed by atoms with E-state index < -0.39 is 21.5 Å². The maximum Gasteiger partial charge on any atom is 0.270 e. The van der Waals surface area contributed by atoms with Crippen LogP contribution in [0.4, 0.5) is 0 Å². The number of aromatic amines is 1. The summed E-state index contributed by atoms with van der Waals surface area (Å²) in [7, 11) is -4.02. The van der Waals surface area contributed by atoms with Crippen molar-refractivity contribution in [1.82, 2.24) is 14.7 Å². The van der Waals surface area contributed by atoms with E-state index in [9.17, 15) is 23.3 Å². The van der Waals surface area contributed by atoms with Crippen molar-refractivity contribution in [2.75, 3.05) is 5.75 Å². The van der Waals surface area contributed by atoms with Gasteiger partial charge in [-0.05, 0) is 31.2 Å². The number of nitriles is 1. The number of nitrogens with one attached hydrogen (secondary N) is 2. The molecule has 3 aromatic rings. The van der Waals surface area contributed by atoms with Crippen LogP contribution in [-0.4, -0.2) is 30.0 Å². The zero-order chi connectivity index (χ0) is 22.6. The zero-order valence-electron chi connectivity index (χ0n) is 16.0. The van der Waals surface area contributed by atoms with Crippen molar-refractivity contribution >= 4 is 39.3 Å². The van der Waals surface area contributed by atoms with Crippen LogP contribution in [0.5, 0.6) is 0 Å². The Hall–Kier alpha value is -3.13. The lowest BCUT2D eigenvalue weighted by molar-refractivity contribution is -0.116. The predicted octanol–water partition coefficient (Wildman–Crippen LogP) is 2.87. The van der Waals surface area contributed by atoms with Crippen molar-refractivity contribution in [3.63, 3.8) is 0 Å². The number of hydrogen-bond donors (Lipinski definition) is 2. The summed E-state index contributed by atoms with van der Waals surface area (Å²) in [4.78, 5) is 31.1. The number of hydrogen-bond acceptors (Lipinski definition) is 7. The Kier molecular flexibility index (Phi) is 6.80. The first-order valence-electron chi connectivity index (χ1n) is 8.75. The van der Waals surface area contributed by atoms with Crippen molar-refractivity contribution in [3.05, 3.63) is 75.0 Å². The minimum Gasteiger partial charge on any atom is -0.300 e. The summed E-state index contributed by atoms with van der Waals surface area (Å²) in [6.07, 6.45) is 0. The summed E-state index contributed by atoms with van der Waals surface area (Å²) in [5.41, 5.74) is 0.669. The number of thioether (sulfide) groups is 1. The largest absolute Gasteiger partial charge is 0.300 e. The smallest absolute Gasteiger partial charge is 0.270 e. The number of sulfonamides is 1. The molecule has 0 spiro atoms. The van der Waals surface area contributed by atoms with Crippen LogP contribution < -0.4 is 10.3 Å². The zero-order valence-corrected chi connectivity index (χ0v) is 18.4. The number of amides is 1. The molecular weight excluding hydrogens is 460 g/mol. The van der Waals surface area contributed by atoms with Crippen LogP contribution in [0.15, 0.2) is 63.4 Å². The summed E-state index contributed by atoms with van der Waals surface area (Å²) < 4.78 is 26.6. The molecule has 2 N–H and O–H groups in total. The summed E-state index contributed by atoms with van der Waals surface area (Å²) in [6, 6.07) is 14.3. The van der Waals surface area contributed by atoms with Gasteiger partial charge in [-0.25, -0.2) is 18.1 Å². The van der Waals surface area contributed by atoms with E-state index in [0.29, 0.717) is 10.6 Å². The molecule has 1 aromatic heterocycles. The molecule has 0 unspecified atom stereocenters. The third-order valence-corrected chi connectivity index (χ3v) is 6.56. The van der Waals surface area contributed by atoms with Crippen molar-refractivity contribution < 1.29 is 13.2 Å². The number of benzene rings is 2. The molecule has 0 saturated carbocycles. The Morgan fingerprint density at radius 2 is 1.84 bits per heavy atom. The molecule has 1 amide bonds. The van der Waals surface area contributed by atoms with Gasteiger partial charge in [0.25, 0.3) is 15.6 Å². The average molecular weight is 475 g/mol. The van der Waals surface area contributed by atoms with E-state index in [-0.39, 0.29) is 27.1 Å². The van der Waals surface area contributed by atoms with Gasteiger partial charge in [-0.1, -0.05) is 53.2 Å². The summed E-state index contributed by atoms with van der Waals surface area (Å²) >= 11 is 6.71. The lowest BCUT2D eigenvalue weighted by Crippen LogP contribution is -2.32. The van der Waals surface area contributed by atoms with Gasteiger partial charge in [0.05, 0.1) is 16.3 Å². The Morgan fingerprint density at radius 1 is 1.19 bits per heavy atom. The fraction of sp³-hybridized carbons (Fsp3) is 0.100. The number of aryl methyl sites for hydroxylation is 1. The minimum atomic E-state index is -4.02. The second-order valence-electron chi connectivity index (χ2n) is 6.34. The molecule has 1 heterocycles. The second kappa shape index (κ2) is 9.34. The third-order valence-electron chi connectivity index (χ3n) is 4.05. The van der Waals surface area contributed by atoms with Gasteiger partial charge in [-0.15, -0.1) is 0 Å². The Bertz CT molecular complexity index is 1330. The maximum absolute atomic E-state index is 12.3. The number of halogens is 1. The van der Waals surface area contributed by atoms with Crippen molar-refractivity contribution in [2.45, 2.75) is 17.0 Å². The standard InChI is InChI=1S/C20H15ClN4O4S2/c1-12-2-8-15(9-3-12)31(28,29)25-17(26)11-30-20-23-18(16(10-22)19(27)24-20)13-4-6-14(21)7-5-13/h2-9H,11H2,1H3,(H,25,26)(H,23,24,27). The Balaban J connectivity index is 1.78. The third kappa shape index (κ3) is 5.52. The highest BCUT2D eigenvalue weighted by Gasteiger charge is 2.19. The summed E-state index contributed by atoms with van der Waals surface area (Å²) in [6.45, 7) is 1.81. The highest BCUT2D eigenvalue weighted by atomic mass is 35.5. The lowest BCUT2D eigenvalue weighted by atomic mass is 10.1. The molecule has 0 atom stereocenters. The van der Waals surface area contributed by atoms with Gasteiger partial charge in [0, 0.05) is 10.6 Å². The molecule has 31 heavy (non-hydrogen) atoms. The number of aromatic nitrogens is 2. The van der Waals surface area contributed by atoms with E-state index in [0.717, 1.165) is 17.3 Å².